The van der Waals surface area contributed by atoms with E-state index in [1.165, 1.54) is 13.0 Å². The molecule has 0 radical (unpaired) electrons. The van der Waals surface area contributed by atoms with E-state index in [1.807, 2.05) is 30.3 Å². The highest BCUT2D eigenvalue weighted by Gasteiger charge is 2.47. The molecule has 4 aliphatic rings. The number of methoxy groups -OCH3 is 1. The third-order valence-corrected chi connectivity index (χ3v) is 8.53. The Morgan fingerprint density at radius 3 is 2.53 bits per heavy atom. The molecular formula is C29H30F2N4O3. The number of carboxylic acids is 1. The van der Waals surface area contributed by atoms with Crippen molar-refractivity contribution in [1.82, 2.24) is 15.0 Å². The summed E-state index contributed by atoms with van der Waals surface area (Å²) in [6, 6.07) is 8.97. The number of ether oxygens (including phenoxy) is 1. The van der Waals surface area contributed by atoms with Gasteiger partial charge in [-0.3, -0.25) is 4.79 Å². The fourth-order valence-electron chi connectivity index (χ4n) is 6.40. The summed E-state index contributed by atoms with van der Waals surface area (Å²) in [5.41, 5.74) is 1.90. The van der Waals surface area contributed by atoms with Gasteiger partial charge in [-0.15, -0.1) is 0 Å². The average Bonchev–Trinajstić information content (AvgIpc) is 3.36. The molecule has 4 atom stereocenters. The number of hydrogen-bond acceptors (Lipinski definition) is 5. The SMILES string of the molecule is COc1ccc(-c2cc(NC3C4CCC(CC4)C3C(=O)O)nc(-c3c[nH]c4c3=CC(F)C(C)C=4F)n2)cc1. The van der Waals surface area contributed by atoms with Gasteiger partial charge in [0.15, 0.2) is 5.82 Å². The monoisotopic (exact) mass is 520 g/mol. The van der Waals surface area contributed by atoms with Crippen LogP contribution in [0.2, 0.25) is 0 Å². The predicted octanol–water partition coefficient (Wildman–Crippen LogP) is 4.29. The Morgan fingerprint density at radius 1 is 1.13 bits per heavy atom. The van der Waals surface area contributed by atoms with Crippen molar-refractivity contribution < 1.29 is 23.4 Å². The molecule has 38 heavy (non-hydrogen) atoms. The van der Waals surface area contributed by atoms with Gasteiger partial charge >= 0.3 is 5.97 Å². The van der Waals surface area contributed by atoms with Crippen molar-refractivity contribution in [3.63, 3.8) is 0 Å². The number of aromatic nitrogens is 3. The number of nitrogens with one attached hydrogen (secondary N) is 2. The number of fused-ring (bicyclic) bond motifs is 4. The minimum atomic E-state index is -1.46. The lowest BCUT2D eigenvalue weighted by atomic mass is 9.61. The molecule has 7 nitrogen and oxygen atoms in total. The Kier molecular flexibility index (Phi) is 6.16. The molecule has 4 aliphatic carbocycles. The number of anilines is 1. The summed E-state index contributed by atoms with van der Waals surface area (Å²) >= 11 is 0. The van der Waals surface area contributed by atoms with E-state index >= 15 is 0 Å². The number of aromatic amines is 1. The van der Waals surface area contributed by atoms with Gasteiger partial charge in [0.25, 0.3) is 0 Å². The first kappa shape index (κ1) is 24.6. The zero-order valence-electron chi connectivity index (χ0n) is 21.2. The van der Waals surface area contributed by atoms with E-state index in [0.29, 0.717) is 33.9 Å². The summed E-state index contributed by atoms with van der Waals surface area (Å²) in [4.78, 5) is 24.7. The highest BCUT2D eigenvalue weighted by atomic mass is 19.1. The van der Waals surface area contributed by atoms with Gasteiger partial charge in [-0.1, -0.05) is 6.92 Å². The van der Waals surface area contributed by atoms with E-state index in [9.17, 15) is 18.7 Å². The average molecular weight is 521 g/mol. The molecule has 0 spiro atoms. The maximum atomic E-state index is 14.9. The Hall–Kier alpha value is -3.75. The third-order valence-electron chi connectivity index (χ3n) is 8.53. The lowest BCUT2D eigenvalue weighted by Gasteiger charge is -2.47. The lowest BCUT2D eigenvalue weighted by molar-refractivity contribution is -0.148. The van der Waals surface area contributed by atoms with Gasteiger partial charge in [0, 0.05) is 40.6 Å². The number of carboxylic acid groups (broad SMARTS) is 1. The molecule has 198 valence electrons. The van der Waals surface area contributed by atoms with Crippen molar-refractivity contribution in [1.29, 1.82) is 0 Å². The lowest BCUT2D eigenvalue weighted by Crippen LogP contribution is -2.51. The minimum Gasteiger partial charge on any atom is -0.497 e. The summed E-state index contributed by atoms with van der Waals surface area (Å²) in [7, 11) is 1.59. The first-order valence-corrected chi connectivity index (χ1v) is 13.1. The molecular weight excluding hydrogens is 490 g/mol. The quantitative estimate of drug-likeness (QED) is 0.448. The van der Waals surface area contributed by atoms with Gasteiger partial charge in [-0.05, 0) is 67.9 Å². The second-order valence-electron chi connectivity index (χ2n) is 10.6. The van der Waals surface area contributed by atoms with Crippen LogP contribution in [0, 0.1) is 23.7 Å². The molecule has 1 aromatic carbocycles. The Morgan fingerprint density at radius 2 is 1.84 bits per heavy atom. The highest BCUT2D eigenvalue weighted by molar-refractivity contribution is 5.74. The van der Waals surface area contributed by atoms with E-state index in [1.54, 1.807) is 13.3 Å². The van der Waals surface area contributed by atoms with Crippen molar-refractivity contribution in [3.05, 3.63) is 47.1 Å². The number of halogens is 2. The fraction of sp³-hybridized carbons (Fsp3) is 0.414. The number of H-pyrrole nitrogens is 1. The van der Waals surface area contributed by atoms with Crippen LogP contribution >= 0.6 is 0 Å². The van der Waals surface area contributed by atoms with Crippen LogP contribution < -0.4 is 20.6 Å². The standard InChI is InChI=1S/C29H30F2N4O3/c1-14-21(30)11-19-20(13-32-27(19)25(14)31)28-33-22(15-7-9-18(38-2)10-8-15)12-23(35-28)34-26-17-5-3-16(4-6-17)24(26)29(36)37/h7-14,16-17,21,24,26,32H,3-6H2,1-2H3,(H,36,37)(H,33,34,35). The topological polar surface area (TPSA) is 100 Å². The summed E-state index contributed by atoms with van der Waals surface area (Å²) in [6.45, 7) is 1.51. The van der Waals surface area contributed by atoms with Gasteiger partial charge in [0.1, 0.15) is 23.6 Å². The maximum Gasteiger partial charge on any atom is 0.308 e. The van der Waals surface area contributed by atoms with Crippen molar-refractivity contribution in [3.8, 4) is 28.4 Å². The summed E-state index contributed by atoms with van der Waals surface area (Å²) in [6.07, 6.45) is 5.39. The van der Waals surface area contributed by atoms with Crippen LogP contribution in [0.15, 0.2) is 36.5 Å². The zero-order chi connectivity index (χ0) is 26.6. The van der Waals surface area contributed by atoms with Gasteiger partial charge in [-0.25, -0.2) is 18.7 Å². The number of nitrogens with zero attached hydrogens (tertiary/aromatic N) is 2. The third kappa shape index (κ3) is 4.14. The molecule has 3 saturated carbocycles. The molecule has 0 aliphatic heterocycles. The second kappa shape index (κ2) is 9.53. The van der Waals surface area contributed by atoms with Crippen LogP contribution in [0.1, 0.15) is 32.6 Å². The van der Waals surface area contributed by atoms with E-state index < -0.39 is 29.8 Å². The van der Waals surface area contributed by atoms with Crippen LogP contribution in [0.3, 0.4) is 0 Å². The van der Waals surface area contributed by atoms with Gasteiger partial charge in [-0.2, -0.15) is 0 Å². The van der Waals surface area contributed by atoms with Gasteiger partial charge in [0.05, 0.1) is 24.1 Å². The van der Waals surface area contributed by atoms with Crippen LogP contribution in [0.5, 0.6) is 5.75 Å². The molecule has 3 N–H and O–H groups in total. The molecule has 3 fully saturated rings. The van der Waals surface area contributed by atoms with E-state index in [-0.39, 0.29) is 23.2 Å². The van der Waals surface area contributed by atoms with Gasteiger partial charge in [0.2, 0.25) is 0 Å². The summed E-state index contributed by atoms with van der Waals surface area (Å²) < 4.78 is 34.8. The number of alkyl halides is 1. The Labute approximate surface area is 218 Å². The molecule has 0 amide bonds. The molecule has 4 unspecified atom stereocenters. The van der Waals surface area contributed by atoms with Crippen molar-refractivity contribution in [2.24, 2.45) is 23.7 Å². The number of rotatable bonds is 6. The van der Waals surface area contributed by atoms with E-state index in [4.69, 9.17) is 14.7 Å². The highest BCUT2D eigenvalue weighted by Crippen LogP contribution is 2.46. The summed E-state index contributed by atoms with van der Waals surface area (Å²) in [5, 5.41) is 14.1. The number of benzene rings is 1. The molecule has 7 rings (SSSR count). The molecule has 0 saturated heterocycles. The first-order chi connectivity index (χ1) is 18.3. The zero-order valence-corrected chi connectivity index (χ0v) is 21.2. The Balaban J connectivity index is 1.47. The maximum absolute atomic E-state index is 14.9. The second-order valence-corrected chi connectivity index (χ2v) is 10.6. The minimum absolute atomic E-state index is 0.144. The predicted molar refractivity (Wildman–Crippen MR) is 140 cm³/mol. The molecule has 3 aromatic rings. The largest absolute Gasteiger partial charge is 0.497 e. The molecule has 2 aromatic heterocycles. The number of aliphatic carboxylic acids is 1. The van der Waals surface area contributed by atoms with E-state index in [0.717, 1.165) is 31.2 Å². The smallest absolute Gasteiger partial charge is 0.308 e. The molecule has 9 heteroatoms. The molecule has 2 bridgehead atoms. The van der Waals surface area contributed by atoms with Crippen molar-refractivity contribution in [2.45, 2.75) is 44.8 Å². The van der Waals surface area contributed by atoms with Crippen LogP contribution in [-0.2, 0) is 4.79 Å². The number of carbonyl (C=O) groups is 1. The summed E-state index contributed by atoms with van der Waals surface area (Å²) in [5.74, 6) is -0.795. The van der Waals surface area contributed by atoms with Crippen LogP contribution in [0.25, 0.3) is 34.5 Å². The molecule has 2 heterocycles. The normalized spacial score (nSPS) is 27.9. The van der Waals surface area contributed by atoms with Gasteiger partial charge < -0.3 is 20.1 Å². The van der Waals surface area contributed by atoms with Crippen molar-refractivity contribution >= 4 is 23.7 Å². The Bertz CT molecular complexity index is 1490. The van der Waals surface area contributed by atoms with Crippen LogP contribution in [0.4, 0.5) is 14.6 Å². The van der Waals surface area contributed by atoms with Crippen LogP contribution in [-0.4, -0.2) is 45.4 Å². The number of hydrogen-bond donors (Lipinski definition) is 3. The fourth-order valence-corrected chi connectivity index (χ4v) is 6.40. The van der Waals surface area contributed by atoms with E-state index in [2.05, 4.69) is 10.3 Å². The van der Waals surface area contributed by atoms with Crippen molar-refractivity contribution in [2.75, 3.05) is 12.4 Å². The first-order valence-electron chi connectivity index (χ1n) is 13.1.